The van der Waals surface area contributed by atoms with E-state index in [1.54, 1.807) is 24.3 Å². The second-order valence-corrected chi connectivity index (χ2v) is 6.10. The summed E-state index contributed by atoms with van der Waals surface area (Å²) >= 11 is 6.80. The summed E-state index contributed by atoms with van der Waals surface area (Å²) in [5.41, 5.74) is 0.849. The molecule has 6 nitrogen and oxygen atoms in total. The Kier molecular flexibility index (Phi) is 5.72. The number of thiophene rings is 1. The van der Waals surface area contributed by atoms with Crippen LogP contribution in [0.1, 0.15) is 20.0 Å². The molecular formula is C15H13ClN2O4S. The van der Waals surface area contributed by atoms with Crippen LogP contribution in [0.2, 0.25) is 4.34 Å². The van der Waals surface area contributed by atoms with E-state index >= 15 is 0 Å². The highest BCUT2D eigenvalue weighted by Gasteiger charge is 2.13. The van der Waals surface area contributed by atoms with E-state index < -0.39 is 18.5 Å². The molecule has 2 rings (SSSR count). The van der Waals surface area contributed by atoms with Crippen LogP contribution >= 0.6 is 22.9 Å². The molecule has 0 aliphatic carbocycles. The van der Waals surface area contributed by atoms with Gasteiger partial charge in [-0.1, -0.05) is 17.7 Å². The third-order valence-electron chi connectivity index (χ3n) is 2.74. The quantitative estimate of drug-likeness (QED) is 0.810. The zero-order valence-corrected chi connectivity index (χ0v) is 13.7. The Labute approximate surface area is 141 Å². The smallest absolute Gasteiger partial charge is 0.348 e. The standard InChI is InChI=1S/C15H13ClN2O4S/c1-17-14(20)9-3-2-4-10(7-9)18-13(19)8-22-15(21)11-5-6-12(16)23-11/h2-7H,8H2,1H3,(H,17,20)(H,18,19). The van der Waals surface area contributed by atoms with Gasteiger partial charge in [-0.3, -0.25) is 9.59 Å². The molecule has 1 aromatic carbocycles. The van der Waals surface area contributed by atoms with E-state index in [1.807, 2.05) is 0 Å². The molecule has 0 saturated heterocycles. The first-order valence-electron chi connectivity index (χ1n) is 6.54. The monoisotopic (exact) mass is 352 g/mol. The van der Waals surface area contributed by atoms with Gasteiger partial charge in [0.25, 0.3) is 11.8 Å². The highest BCUT2D eigenvalue weighted by Crippen LogP contribution is 2.22. The Morgan fingerprint density at radius 1 is 1.22 bits per heavy atom. The predicted octanol–water partition coefficient (Wildman–Crippen LogP) is 2.56. The molecule has 1 heterocycles. The number of nitrogens with one attached hydrogen (secondary N) is 2. The van der Waals surface area contributed by atoms with Crippen molar-refractivity contribution in [2.75, 3.05) is 19.0 Å². The van der Waals surface area contributed by atoms with E-state index in [-0.39, 0.29) is 5.91 Å². The first-order chi connectivity index (χ1) is 11.0. The lowest BCUT2D eigenvalue weighted by Gasteiger charge is -2.07. The Morgan fingerprint density at radius 3 is 2.65 bits per heavy atom. The molecule has 0 fully saturated rings. The van der Waals surface area contributed by atoms with Crippen LogP contribution in [0.25, 0.3) is 0 Å². The highest BCUT2D eigenvalue weighted by molar-refractivity contribution is 7.17. The van der Waals surface area contributed by atoms with E-state index in [4.69, 9.17) is 16.3 Å². The summed E-state index contributed by atoms with van der Waals surface area (Å²) in [6.07, 6.45) is 0. The maximum absolute atomic E-state index is 11.8. The van der Waals surface area contributed by atoms with Gasteiger partial charge in [-0.2, -0.15) is 0 Å². The molecule has 8 heteroatoms. The third-order valence-corrected chi connectivity index (χ3v) is 3.96. The van der Waals surface area contributed by atoms with E-state index in [1.165, 1.54) is 19.2 Å². The summed E-state index contributed by atoms with van der Waals surface area (Å²) in [5, 5.41) is 5.05. The van der Waals surface area contributed by atoms with E-state index in [9.17, 15) is 14.4 Å². The number of ether oxygens (including phenoxy) is 1. The average Bonchev–Trinajstić information content (AvgIpc) is 2.98. The summed E-state index contributed by atoms with van der Waals surface area (Å²) < 4.78 is 5.36. The number of carbonyl (C=O) groups is 3. The van der Waals surface area contributed by atoms with E-state index in [2.05, 4.69) is 10.6 Å². The van der Waals surface area contributed by atoms with Crippen LogP contribution in [-0.2, 0) is 9.53 Å². The zero-order chi connectivity index (χ0) is 16.8. The first-order valence-corrected chi connectivity index (χ1v) is 7.73. The van der Waals surface area contributed by atoms with Crippen molar-refractivity contribution < 1.29 is 19.1 Å². The zero-order valence-electron chi connectivity index (χ0n) is 12.1. The second kappa shape index (κ2) is 7.75. The van der Waals surface area contributed by atoms with Gasteiger partial charge in [0.15, 0.2) is 6.61 Å². The molecule has 0 radical (unpaired) electrons. The summed E-state index contributed by atoms with van der Waals surface area (Å²) in [6, 6.07) is 9.52. The Balaban J connectivity index is 1.90. The van der Waals surface area contributed by atoms with Crippen LogP contribution in [0.3, 0.4) is 0 Å². The minimum atomic E-state index is -0.615. The van der Waals surface area contributed by atoms with Gasteiger partial charge in [0.1, 0.15) is 4.88 Å². The summed E-state index contributed by atoms with van der Waals surface area (Å²) in [7, 11) is 1.52. The molecule has 120 valence electrons. The molecule has 2 aromatic rings. The van der Waals surface area contributed by atoms with Crippen molar-refractivity contribution in [3.8, 4) is 0 Å². The molecule has 23 heavy (non-hydrogen) atoms. The van der Waals surface area contributed by atoms with Gasteiger partial charge >= 0.3 is 5.97 Å². The molecule has 0 aliphatic heterocycles. The normalized spacial score (nSPS) is 10.0. The number of hydrogen-bond donors (Lipinski definition) is 2. The van der Waals surface area contributed by atoms with Gasteiger partial charge in [0.05, 0.1) is 4.34 Å². The number of halogens is 1. The van der Waals surface area contributed by atoms with Crippen molar-refractivity contribution in [2.24, 2.45) is 0 Å². The number of carbonyl (C=O) groups excluding carboxylic acids is 3. The van der Waals surface area contributed by atoms with Crippen LogP contribution < -0.4 is 10.6 Å². The minimum absolute atomic E-state index is 0.262. The molecule has 0 aliphatic rings. The molecular weight excluding hydrogens is 340 g/mol. The Hall–Kier alpha value is -2.38. The third kappa shape index (κ3) is 4.80. The van der Waals surface area contributed by atoms with Gasteiger partial charge in [-0.15, -0.1) is 11.3 Å². The van der Waals surface area contributed by atoms with Gasteiger partial charge in [-0.05, 0) is 30.3 Å². The topological polar surface area (TPSA) is 84.5 Å². The maximum Gasteiger partial charge on any atom is 0.348 e. The maximum atomic E-state index is 11.8. The lowest BCUT2D eigenvalue weighted by molar-refractivity contribution is -0.119. The fraction of sp³-hybridized carbons (Fsp3) is 0.133. The van der Waals surface area contributed by atoms with Crippen LogP contribution in [0, 0.1) is 0 Å². The lowest BCUT2D eigenvalue weighted by Crippen LogP contribution is -2.21. The Morgan fingerprint density at radius 2 is 2.00 bits per heavy atom. The van der Waals surface area contributed by atoms with Crippen molar-refractivity contribution >= 4 is 46.4 Å². The van der Waals surface area contributed by atoms with E-state index in [0.717, 1.165) is 11.3 Å². The van der Waals surface area contributed by atoms with E-state index in [0.29, 0.717) is 20.5 Å². The summed E-state index contributed by atoms with van der Waals surface area (Å²) in [4.78, 5) is 35.3. The van der Waals surface area contributed by atoms with Crippen LogP contribution in [0.15, 0.2) is 36.4 Å². The highest BCUT2D eigenvalue weighted by atomic mass is 35.5. The lowest BCUT2D eigenvalue weighted by atomic mass is 10.2. The first kappa shape index (κ1) is 17.0. The molecule has 2 amide bonds. The van der Waals surface area contributed by atoms with Crippen molar-refractivity contribution in [1.82, 2.24) is 5.32 Å². The number of anilines is 1. The van der Waals surface area contributed by atoms with Crippen molar-refractivity contribution in [3.05, 3.63) is 51.2 Å². The average molecular weight is 353 g/mol. The minimum Gasteiger partial charge on any atom is -0.451 e. The van der Waals surface area contributed by atoms with Crippen LogP contribution in [0.4, 0.5) is 5.69 Å². The fourth-order valence-electron chi connectivity index (χ4n) is 1.71. The van der Waals surface area contributed by atoms with Crippen molar-refractivity contribution in [1.29, 1.82) is 0 Å². The number of rotatable bonds is 5. The molecule has 2 N–H and O–H groups in total. The van der Waals surface area contributed by atoms with Gasteiger partial charge in [-0.25, -0.2) is 4.79 Å². The predicted molar refractivity (Wildman–Crippen MR) is 88.1 cm³/mol. The SMILES string of the molecule is CNC(=O)c1cccc(NC(=O)COC(=O)c2ccc(Cl)s2)c1. The molecule has 0 spiro atoms. The van der Waals surface area contributed by atoms with Gasteiger partial charge < -0.3 is 15.4 Å². The fourth-order valence-corrected chi connectivity index (χ4v) is 2.64. The van der Waals surface area contributed by atoms with Crippen molar-refractivity contribution in [2.45, 2.75) is 0 Å². The van der Waals surface area contributed by atoms with Crippen molar-refractivity contribution in [3.63, 3.8) is 0 Å². The molecule has 0 saturated carbocycles. The van der Waals surface area contributed by atoms with Gasteiger partial charge in [0.2, 0.25) is 0 Å². The second-order valence-electron chi connectivity index (χ2n) is 4.39. The summed E-state index contributed by atoms with van der Waals surface area (Å²) in [5.74, 6) is -1.38. The summed E-state index contributed by atoms with van der Waals surface area (Å²) in [6.45, 7) is -0.432. The van der Waals surface area contributed by atoms with Crippen LogP contribution in [-0.4, -0.2) is 31.4 Å². The van der Waals surface area contributed by atoms with Gasteiger partial charge in [0, 0.05) is 18.3 Å². The largest absolute Gasteiger partial charge is 0.451 e. The number of benzene rings is 1. The Bertz CT molecular complexity index is 745. The molecule has 0 bridgehead atoms. The number of amides is 2. The van der Waals surface area contributed by atoms with Crippen LogP contribution in [0.5, 0.6) is 0 Å². The molecule has 0 unspecified atom stereocenters. The molecule has 1 aromatic heterocycles. The molecule has 0 atom stereocenters. The number of hydrogen-bond acceptors (Lipinski definition) is 5. The number of esters is 1.